The number of para-hydroxylation sites is 1. The summed E-state index contributed by atoms with van der Waals surface area (Å²) in [5.74, 6) is -0.450. The van der Waals surface area contributed by atoms with Crippen molar-refractivity contribution in [3.05, 3.63) is 63.4 Å². The lowest BCUT2D eigenvalue weighted by atomic mass is 10.1. The Labute approximate surface area is 205 Å². The van der Waals surface area contributed by atoms with Crippen molar-refractivity contribution in [3.63, 3.8) is 0 Å². The summed E-state index contributed by atoms with van der Waals surface area (Å²) >= 11 is 1.00. The smallest absolute Gasteiger partial charge is 0.459 e. The van der Waals surface area contributed by atoms with Crippen molar-refractivity contribution in [2.24, 2.45) is 0 Å². The van der Waals surface area contributed by atoms with Gasteiger partial charge < -0.3 is 19.5 Å². The first-order chi connectivity index (χ1) is 16.5. The van der Waals surface area contributed by atoms with Crippen LogP contribution in [0.15, 0.2) is 52.2 Å². The van der Waals surface area contributed by atoms with Crippen LogP contribution in [0.1, 0.15) is 26.1 Å². The fraction of sp³-hybridized carbons (Fsp3) is 0.476. The number of aliphatic hydroxyl groups excluding tert-OH is 2. The molecule has 0 saturated carbocycles. The molecule has 0 aliphatic carbocycles. The zero-order valence-corrected chi connectivity index (χ0v) is 21.0. The summed E-state index contributed by atoms with van der Waals surface area (Å²) in [7, 11) is -4.17. The van der Waals surface area contributed by atoms with Gasteiger partial charge >= 0.3 is 19.4 Å². The second-order valence-corrected chi connectivity index (χ2v) is 11.2. The lowest BCUT2D eigenvalue weighted by Crippen LogP contribution is -2.38. The quantitative estimate of drug-likeness (QED) is 0.256. The Morgan fingerprint density at radius 2 is 1.86 bits per heavy atom. The number of nitrogens with zero attached hydrogens (tertiary/aromatic N) is 1. The molecule has 1 aromatic heterocycles. The van der Waals surface area contributed by atoms with E-state index >= 15 is 0 Å². The van der Waals surface area contributed by atoms with E-state index in [2.05, 4.69) is 10.1 Å². The Hall–Kier alpha value is -2.41. The van der Waals surface area contributed by atoms with Gasteiger partial charge in [-0.2, -0.15) is 5.09 Å². The Morgan fingerprint density at radius 3 is 2.49 bits per heavy atom. The first-order valence-electron chi connectivity index (χ1n) is 10.8. The van der Waals surface area contributed by atoms with E-state index in [4.69, 9.17) is 13.8 Å². The number of carbonyl (C=O) groups is 1. The Morgan fingerprint density at radius 1 is 1.17 bits per heavy atom. The molecule has 12 nitrogen and oxygen atoms in total. The molecular weight excluding hydrogens is 501 g/mol. The van der Waals surface area contributed by atoms with Crippen LogP contribution < -0.4 is 20.9 Å². The molecule has 1 aliphatic heterocycles. The highest BCUT2D eigenvalue weighted by Crippen LogP contribution is 2.48. The largest absolute Gasteiger partial charge is 0.462 e. The fourth-order valence-corrected chi connectivity index (χ4v) is 6.29. The van der Waals surface area contributed by atoms with Gasteiger partial charge in [0.25, 0.3) is 5.56 Å². The number of ether oxygens (including phenoxy) is 1. The van der Waals surface area contributed by atoms with Crippen molar-refractivity contribution < 1.29 is 33.4 Å². The molecule has 0 spiro atoms. The number of aliphatic hydroxyl groups is 2. The monoisotopic (exact) mass is 529 g/mol. The van der Waals surface area contributed by atoms with E-state index in [9.17, 15) is 29.2 Å². The van der Waals surface area contributed by atoms with Crippen molar-refractivity contribution >= 4 is 25.5 Å². The minimum absolute atomic E-state index is 0.213. The van der Waals surface area contributed by atoms with Crippen molar-refractivity contribution in [1.29, 1.82) is 0 Å². The predicted octanol–water partition coefficient (Wildman–Crippen LogP) is 1.01. The van der Waals surface area contributed by atoms with Gasteiger partial charge in [0, 0.05) is 12.3 Å². The SMILES string of the molecule is CC(C)OC(=O)[C@H](C)N[P@@](=O)(OC[C@H]1S[C@@H](n2ccc(=O)[nH]c2=O)[C@H](O)[C@@H]1O)Oc1ccccc1. The lowest BCUT2D eigenvalue weighted by Gasteiger charge is -2.25. The van der Waals surface area contributed by atoms with Gasteiger partial charge in [0.1, 0.15) is 23.3 Å². The van der Waals surface area contributed by atoms with Gasteiger partial charge in [-0.15, -0.1) is 11.8 Å². The van der Waals surface area contributed by atoms with Gasteiger partial charge in [0.15, 0.2) is 0 Å². The number of esters is 1. The van der Waals surface area contributed by atoms with Crippen LogP contribution in [0.4, 0.5) is 0 Å². The van der Waals surface area contributed by atoms with Gasteiger partial charge in [0.05, 0.1) is 24.1 Å². The number of hydrogen-bond acceptors (Lipinski definition) is 10. The molecule has 1 saturated heterocycles. The molecule has 0 unspecified atom stereocenters. The summed E-state index contributed by atoms with van der Waals surface area (Å²) in [6, 6.07) is 8.23. The number of benzene rings is 1. The molecule has 14 heteroatoms. The molecule has 2 heterocycles. The van der Waals surface area contributed by atoms with E-state index < -0.39 is 53.8 Å². The first kappa shape index (κ1) is 27.2. The molecule has 192 valence electrons. The summed E-state index contributed by atoms with van der Waals surface area (Å²) in [6.07, 6.45) is -1.90. The second-order valence-electron chi connectivity index (χ2n) is 8.10. The molecule has 3 rings (SSSR count). The minimum atomic E-state index is -4.17. The first-order valence-corrected chi connectivity index (χ1v) is 13.3. The molecule has 1 aromatic carbocycles. The predicted molar refractivity (Wildman–Crippen MR) is 128 cm³/mol. The van der Waals surface area contributed by atoms with Crippen LogP contribution in [0.25, 0.3) is 0 Å². The maximum absolute atomic E-state index is 13.6. The minimum Gasteiger partial charge on any atom is -0.462 e. The van der Waals surface area contributed by atoms with E-state index in [1.54, 1.807) is 44.2 Å². The summed E-state index contributed by atoms with van der Waals surface area (Å²) in [5, 5.41) is 21.8. The number of nitrogens with one attached hydrogen (secondary N) is 2. The highest BCUT2D eigenvalue weighted by molar-refractivity contribution is 8.00. The Kier molecular flexibility index (Phi) is 8.97. The topological polar surface area (TPSA) is 169 Å². The molecule has 0 amide bonds. The molecule has 6 atom stereocenters. The summed E-state index contributed by atoms with van der Waals surface area (Å²) in [4.78, 5) is 37.8. The summed E-state index contributed by atoms with van der Waals surface area (Å²) < 4.78 is 30.9. The molecular formula is C21H28N3O9PS. The molecule has 0 radical (unpaired) electrons. The van der Waals surface area contributed by atoms with E-state index in [0.29, 0.717) is 0 Å². The van der Waals surface area contributed by atoms with Crippen molar-refractivity contribution in [2.45, 2.75) is 55.7 Å². The van der Waals surface area contributed by atoms with Crippen molar-refractivity contribution in [3.8, 4) is 5.75 Å². The normalized spacial score (nSPS) is 24.6. The second kappa shape index (κ2) is 11.5. The van der Waals surface area contributed by atoms with Crippen molar-refractivity contribution in [1.82, 2.24) is 14.6 Å². The molecule has 4 N–H and O–H groups in total. The lowest BCUT2D eigenvalue weighted by molar-refractivity contribution is -0.149. The van der Waals surface area contributed by atoms with Gasteiger partial charge in [-0.25, -0.2) is 9.36 Å². The third-order valence-electron chi connectivity index (χ3n) is 4.90. The molecule has 1 aliphatic rings. The number of H-pyrrole nitrogens is 1. The zero-order chi connectivity index (χ0) is 25.8. The van der Waals surface area contributed by atoms with Crippen LogP contribution in [0, 0.1) is 0 Å². The molecule has 35 heavy (non-hydrogen) atoms. The number of aromatic nitrogens is 2. The molecule has 2 aromatic rings. The maximum Gasteiger partial charge on any atom is 0.459 e. The zero-order valence-electron chi connectivity index (χ0n) is 19.3. The average Bonchev–Trinajstić information content (AvgIpc) is 3.06. The Balaban J connectivity index is 1.75. The number of hydrogen-bond donors (Lipinski definition) is 4. The van der Waals surface area contributed by atoms with Crippen LogP contribution in [-0.4, -0.2) is 61.9 Å². The van der Waals surface area contributed by atoms with E-state index in [-0.39, 0.29) is 18.5 Å². The van der Waals surface area contributed by atoms with Crippen LogP contribution in [0.3, 0.4) is 0 Å². The van der Waals surface area contributed by atoms with Crippen LogP contribution in [-0.2, 0) is 18.6 Å². The van der Waals surface area contributed by atoms with Crippen molar-refractivity contribution in [2.75, 3.05) is 6.61 Å². The van der Waals surface area contributed by atoms with Gasteiger partial charge in [0.2, 0.25) is 0 Å². The standard InChI is InChI=1S/C21H28N3O9PS/c1-12(2)32-20(28)13(3)23-34(30,33-14-7-5-4-6-8-14)31-11-15-17(26)18(27)19(35-15)24-10-9-16(25)22-21(24)29/h4-10,12-13,15,17-19,26-27H,11H2,1-3H3,(H,23,30)(H,22,25,29)/t13-,15+,17+,18+,19+,34+/m0/s1. The van der Waals surface area contributed by atoms with Gasteiger partial charge in [-0.1, -0.05) is 18.2 Å². The van der Waals surface area contributed by atoms with Gasteiger partial charge in [-0.05, 0) is 32.9 Å². The van der Waals surface area contributed by atoms with E-state index in [0.717, 1.165) is 22.4 Å². The van der Waals surface area contributed by atoms with Crippen LogP contribution in [0.5, 0.6) is 5.75 Å². The van der Waals surface area contributed by atoms with E-state index in [1.165, 1.54) is 13.1 Å². The third kappa shape index (κ3) is 7.06. The average molecular weight is 530 g/mol. The molecule has 0 bridgehead atoms. The number of aromatic amines is 1. The third-order valence-corrected chi connectivity index (χ3v) is 8.09. The highest BCUT2D eigenvalue weighted by atomic mass is 32.2. The maximum atomic E-state index is 13.6. The molecule has 1 fully saturated rings. The van der Waals surface area contributed by atoms with E-state index in [1.807, 2.05) is 0 Å². The van der Waals surface area contributed by atoms with Gasteiger partial charge in [-0.3, -0.25) is 23.7 Å². The highest BCUT2D eigenvalue weighted by Gasteiger charge is 2.45. The summed E-state index contributed by atoms with van der Waals surface area (Å²) in [6.45, 7) is 4.43. The Bertz CT molecular complexity index is 1170. The van der Waals surface area contributed by atoms with Crippen LogP contribution >= 0.6 is 19.5 Å². The number of rotatable bonds is 10. The van der Waals surface area contributed by atoms with Crippen LogP contribution in [0.2, 0.25) is 0 Å². The summed E-state index contributed by atoms with van der Waals surface area (Å²) in [5.41, 5.74) is -1.35. The number of thioether (sulfide) groups is 1. The fourth-order valence-electron chi connectivity index (χ4n) is 3.23. The number of carbonyl (C=O) groups excluding carboxylic acids is 1.